The van der Waals surface area contributed by atoms with Crippen LogP contribution in [0.25, 0.3) is 10.6 Å². The highest BCUT2D eigenvalue weighted by Gasteiger charge is 2.03. The van der Waals surface area contributed by atoms with Crippen molar-refractivity contribution in [2.24, 2.45) is 0 Å². The summed E-state index contributed by atoms with van der Waals surface area (Å²) in [6.45, 7) is 2.50. The minimum Gasteiger partial charge on any atom is -0.477 e. The molecule has 14 heavy (non-hydrogen) atoms. The van der Waals surface area contributed by atoms with Crippen molar-refractivity contribution in [2.45, 2.75) is 6.92 Å². The zero-order valence-corrected chi connectivity index (χ0v) is 8.41. The molecule has 0 aromatic carbocycles. The molecule has 2 aromatic heterocycles. The third-order valence-corrected chi connectivity index (χ3v) is 2.28. The van der Waals surface area contributed by atoms with Crippen LogP contribution in [0.4, 0.5) is 0 Å². The van der Waals surface area contributed by atoms with Gasteiger partial charge in [-0.25, -0.2) is 9.97 Å². The molecule has 0 atom stereocenters. The highest BCUT2D eigenvalue weighted by atomic mass is 32.1. The lowest BCUT2D eigenvalue weighted by Crippen LogP contribution is -1.95. The maximum absolute atomic E-state index is 5.24. The fourth-order valence-corrected chi connectivity index (χ4v) is 1.50. The number of aromatic nitrogens is 3. The Morgan fingerprint density at radius 2 is 2.36 bits per heavy atom. The Hall–Kier alpha value is -1.49. The van der Waals surface area contributed by atoms with E-state index >= 15 is 0 Å². The van der Waals surface area contributed by atoms with Crippen LogP contribution in [0.1, 0.15) is 6.92 Å². The molecule has 2 rings (SSSR count). The van der Waals surface area contributed by atoms with Crippen LogP contribution >= 0.6 is 11.3 Å². The van der Waals surface area contributed by atoms with Gasteiger partial charge in [0.25, 0.3) is 0 Å². The van der Waals surface area contributed by atoms with Crippen LogP contribution in [0.15, 0.2) is 18.6 Å². The lowest BCUT2D eigenvalue weighted by atomic mass is 10.4. The lowest BCUT2D eigenvalue weighted by molar-refractivity contribution is 0.325. The molecule has 0 N–H and O–H groups in total. The molecule has 0 saturated carbocycles. The van der Waals surface area contributed by atoms with Gasteiger partial charge in [0.15, 0.2) is 5.51 Å². The second-order valence-corrected chi connectivity index (χ2v) is 3.32. The molecule has 0 aliphatic heterocycles. The highest BCUT2D eigenvalue weighted by molar-refractivity contribution is 7.12. The number of thiazole rings is 1. The molecule has 2 aromatic rings. The topological polar surface area (TPSA) is 47.9 Å². The Labute approximate surface area is 85.6 Å². The van der Waals surface area contributed by atoms with Crippen molar-refractivity contribution >= 4 is 11.3 Å². The van der Waals surface area contributed by atoms with Gasteiger partial charge in [0.05, 0.1) is 23.9 Å². The maximum Gasteiger partial charge on any atom is 0.232 e. The summed E-state index contributed by atoms with van der Waals surface area (Å²) in [5.74, 6) is 0.540. The van der Waals surface area contributed by atoms with Gasteiger partial charge < -0.3 is 4.74 Å². The van der Waals surface area contributed by atoms with Crippen molar-refractivity contribution in [3.63, 3.8) is 0 Å². The normalized spacial score (nSPS) is 10.1. The molecule has 0 fully saturated rings. The molecule has 71 valence electrons. The summed E-state index contributed by atoms with van der Waals surface area (Å²) < 4.78 is 5.24. The van der Waals surface area contributed by atoms with Gasteiger partial charge >= 0.3 is 0 Å². The molecule has 0 aliphatic carbocycles. The standard InChI is InChI=1S/C9H8N3OS/c1-2-13-9-5-10-3-7(12-9)8-4-11-6-14-8/h3-5H,2H2,1H3. The number of hydrogen-bond acceptors (Lipinski definition) is 5. The van der Waals surface area contributed by atoms with Gasteiger partial charge in [-0.15, -0.1) is 11.3 Å². The zero-order chi connectivity index (χ0) is 9.80. The summed E-state index contributed by atoms with van der Waals surface area (Å²) in [6, 6.07) is 0. The van der Waals surface area contributed by atoms with E-state index in [1.54, 1.807) is 18.6 Å². The van der Waals surface area contributed by atoms with Crippen molar-refractivity contribution in [3.8, 4) is 16.5 Å². The van der Waals surface area contributed by atoms with E-state index < -0.39 is 0 Å². The van der Waals surface area contributed by atoms with Gasteiger partial charge in [-0.2, -0.15) is 0 Å². The summed E-state index contributed by atoms with van der Waals surface area (Å²) in [5, 5.41) is 0. The van der Waals surface area contributed by atoms with Crippen LogP contribution in [0.5, 0.6) is 5.88 Å². The quantitative estimate of drug-likeness (QED) is 0.768. The monoisotopic (exact) mass is 206 g/mol. The molecule has 1 radical (unpaired) electrons. The summed E-state index contributed by atoms with van der Waals surface area (Å²) in [6.07, 6.45) is 4.99. The Morgan fingerprint density at radius 1 is 1.43 bits per heavy atom. The number of nitrogens with zero attached hydrogens (tertiary/aromatic N) is 3. The van der Waals surface area contributed by atoms with Crippen LogP contribution in [0.3, 0.4) is 0 Å². The van der Waals surface area contributed by atoms with E-state index in [-0.39, 0.29) is 0 Å². The van der Waals surface area contributed by atoms with Crippen molar-refractivity contribution in [1.82, 2.24) is 15.0 Å². The molecule has 2 heterocycles. The molecule has 0 unspecified atom stereocenters. The summed E-state index contributed by atoms with van der Waals surface area (Å²) in [5.41, 5.74) is 3.54. The molecule has 0 bridgehead atoms. The number of rotatable bonds is 3. The van der Waals surface area contributed by atoms with Crippen LogP contribution in [0, 0.1) is 5.51 Å². The number of hydrogen-bond donors (Lipinski definition) is 0. The smallest absolute Gasteiger partial charge is 0.232 e. The van der Waals surface area contributed by atoms with Gasteiger partial charge in [-0.05, 0) is 6.92 Å². The van der Waals surface area contributed by atoms with Crippen LogP contribution in [0.2, 0.25) is 0 Å². The Bertz CT molecular complexity index is 402. The average Bonchev–Trinajstić information content (AvgIpc) is 2.71. The molecular formula is C9H8N3OS. The van der Waals surface area contributed by atoms with Crippen molar-refractivity contribution in [3.05, 3.63) is 24.1 Å². The van der Waals surface area contributed by atoms with Gasteiger partial charge in [0.1, 0.15) is 5.69 Å². The van der Waals surface area contributed by atoms with E-state index in [2.05, 4.69) is 20.5 Å². The van der Waals surface area contributed by atoms with Crippen LogP contribution in [-0.4, -0.2) is 21.6 Å². The summed E-state index contributed by atoms with van der Waals surface area (Å²) in [4.78, 5) is 13.1. The first-order chi connectivity index (χ1) is 6.90. The van der Waals surface area contributed by atoms with E-state index in [1.165, 1.54) is 11.3 Å². The summed E-state index contributed by atoms with van der Waals surface area (Å²) >= 11 is 1.41. The first-order valence-corrected chi connectivity index (χ1v) is 4.99. The van der Waals surface area contributed by atoms with Gasteiger partial charge in [-0.3, -0.25) is 4.98 Å². The Kier molecular flexibility index (Phi) is 2.69. The van der Waals surface area contributed by atoms with E-state index in [9.17, 15) is 0 Å². The van der Waals surface area contributed by atoms with E-state index in [4.69, 9.17) is 4.74 Å². The second-order valence-electron chi connectivity index (χ2n) is 2.49. The molecule has 0 saturated heterocycles. The molecule has 4 nitrogen and oxygen atoms in total. The van der Waals surface area contributed by atoms with Crippen LogP contribution in [-0.2, 0) is 0 Å². The fourth-order valence-electron chi connectivity index (χ4n) is 0.990. The molecule has 5 heteroatoms. The SMILES string of the molecule is CCOc1cncc(-c2cn[c]s2)n1. The average molecular weight is 206 g/mol. The summed E-state index contributed by atoms with van der Waals surface area (Å²) in [7, 11) is 0. The molecule has 0 aliphatic rings. The predicted molar refractivity (Wildman–Crippen MR) is 53.1 cm³/mol. The third-order valence-electron chi connectivity index (χ3n) is 1.55. The Morgan fingerprint density at radius 3 is 3.07 bits per heavy atom. The van der Waals surface area contributed by atoms with Crippen molar-refractivity contribution in [1.29, 1.82) is 0 Å². The first kappa shape index (κ1) is 9.08. The predicted octanol–water partition coefficient (Wildman–Crippen LogP) is 1.80. The molecular weight excluding hydrogens is 198 g/mol. The van der Waals surface area contributed by atoms with E-state index in [0.29, 0.717) is 12.5 Å². The number of ether oxygens (including phenoxy) is 1. The van der Waals surface area contributed by atoms with Gasteiger partial charge in [0, 0.05) is 6.20 Å². The Balaban J connectivity index is 2.31. The third kappa shape index (κ3) is 1.88. The van der Waals surface area contributed by atoms with Gasteiger partial charge in [0.2, 0.25) is 5.88 Å². The van der Waals surface area contributed by atoms with Crippen molar-refractivity contribution < 1.29 is 4.74 Å². The largest absolute Gasteiger partial charge is 0.477 e. The fraction of sp³-hybridized carbons (Fsp3) is 0.222. The van der Waals surface area contributed by atoms with Crippen molar-refractivity contribution in [2.75, 3.05) is 6.61 Å². The molecule has 0 amide bonds. The van der Waals surface area contributed by atoms with Crippen LogP contribution < -0.4 is 4.74 Å². The second kappa shape index (κ2) is 4.15. The first-order valence-electron chi connectivity index (χ1n) is 4.17. The molecule has 0 spiro atoms. The zero-order valence-electron chi connectivity index (χ0n) is 7.60. The maximum atomic E-state index is 5.24. The lowest BCUT2D eigenvalue weighted by Gasteiger charge is -2.01. The highest BCUT2D eigenvalue weighted by Crippen LogP contribution is 2.21. The van der Waals surface area contributed by atoms with E-state index in [1.807, 2.05) is 6.92 Å². The minimum atomic E-state index is 0.540. The minimum absolute atomic E-state index is 0.540. The van der Waals surface area contributed by atoms with E-state index in [0.717, 1.165) is 10.6 Å². The van der Waals surface area contributed by atoms with Gasteiger partial charge in [-0.1, -0.05) is 0 Å².